The number of hydrogen-bond acceptors (Lipinski definition) is 6. The van der Waals surface area contributed by atoms with Crippen molar-refractivity contribution in [2.75, 3.05) is 19.8 Å². The Bertz CT molecular complexity index is 630. The lowest BCUT2D eigenvalue weighted by Gasteiger charge is -2.51. The van der Waals surface area contributed by atoms with Gasteiger partial charge in [0.25, 0.3) is 0 Å². The molecule has 34 heavy (non-hydrogen) atoms. The molecule has 2 aliphatic heterocycles. The molecule has 0 aromatic rings. The van der Waals surface area contributed by atoms with Crippen molar-refractivity contribution >= 4 is 5.91 Å². The summed E-state index contributed by atoms with van der Waals surface area (Å²) in [5, 5.41) is 2.01. The molecule has 1 N–H and O–H groups in total. The minimum absolute atomic E-state index is 0.0262. The van der Waals surface area contributed by atoms with E-state index in [9.17, 15) is 18.0 Å². The van der Waals surface area contributed by atoms with Crippen LogP contribution in [0, 0.1) is 0 Å². The van der Waals surface area contributed by atoms with Crippen molar-refractivity contribution in [2.24, 2.45) is 0 Å². The van der Waals surface area contributed by atoms with Crippen LogP contribution in [-0.2, 0) is 28.5 Å². The average Bonchev–Trinajstić information content (AvgIpc) is 2.76. The molecule has 198 valence electrons. The van der Waals surface area contributed by atoms with Gasteiger partial charge in [0, 0.05) is 6.61 Å². The summed E-state index contributed by atoms with van der Waals surface area (Å²) in [6.45, 7) is 9.67. The summed E-state index contributed by atoms with van der Waals surface area (Å²) in [6, 6.07) is -1.22. The van der Waals surface area contributed by atoms with Crippen molar-refractivity contribution in [3.63, 3.8) is 0 Å². The Hall–Kier alpha value is -1.20. The molecular formula is C24H40F3NO6. The summed E-state index contributed by atoms with van der Waals surface area (Å²) in [5.41, 5.74) is 0. The second-order valence-electron chi connectivity index (χ2n) is 9.27. The molecular weight excluding hydrogens is 455 g/mol. The van der Waals surface area contributed by atoms with Crippen LogP contribution in [0.2, 0.25) is 0 Å². The lowest BCUT2D eigenvalue weighted by Crippen LogP contribution is -2.69. The van der Waals surface area contributed by atoms with E-state index in [1.807, 2.05) is 5.32 Å². The molecule has 0 aromatic heterocycles. The number of rotatable bonds is 14. The summed E-state index contributed by atoms with van der Waals surface area (Å²) in [4.78, 5) is 11.8. The van der Waals surface area contributed by atoms with E-state index in [-0.39, 0.29) is 13.2 Å². The van der Waals surface area contributed by atoms with Gasteiger partial charge >= 0.3 is 12.1 Å². The number of hydrogen-bond donors (Lipinski definition) is 1. The first-order chi connectivity index (χ1) is 16.1. The molecule has 1 unspecified atom stereocenters. The number of alkyl halides is 3. The average molecular weight is 496 g/mol. The zero-order chi connectivity index (χ0) is 25.2. The summed E-state index contributed by atoms with van der Waals surface area (Å²) >= 11 is 0. The molecule has 0 radical (unpaired) electrons. The van der Waals surface area contributed by atoms with Crippen LogP contribution >= 0.6 is 0 Å². The third-order valence-electron chi connectivity index (χ3n) is 5.90. The SMILES string of the molecule is C=CCO[C@H]1O[C@@H]2COC(C)(C)O[C@H]2C(OCCCCCCCCCC)[C@H]1NC(=O)C(F)(F)F. The number of carbonyl (C=O) groups is 1. The molecule has 2 fully saturated rings. The van der Waals surface area contributed by atoms with Crippen LogP contribution in [0.5, 0.6) is 0 Å². The van der Waals surface area contributed by atoms with Gasteiger partial charge in [-0.1, -0.05) is 57.9 Å². The number of nitrogens with one attached hydrogen (secondary N) is 1. The van der Waals surface area contributed by atoms with Crippen LogP contribution < -0.4 is 5.32 Å². The van der Waals surface area contributed by atoms with E-state index in [1.165, 1.54) is 31.8 Å². The summed E-state index contributed by atoms with van der Waals surface area (Å²) < 4.78 is 68.4. The van der Waals surface area contributed by atoms with Gasteiger partial charge in [-0.05, 0) is 20.3 Å². The molecule has 5 atom stereocenters. The van der Waals surface area contributed by atoms with Gasteiger partial charge in [0.05, 0.1) is 13.2 Å². The number of ether oxygens (including phenoxy) is 5. The molecule has 0 saturated carbocycles. The maximum absolute atomic E-state index is 13.1. The van der Waals surface area contributed by atoms with Crippen molar-refractivity contribution < 1.29 is 41.7 Å². The second-order valence-corrected chi connectivity index (χ2v) is 9.27. The van der Waals surface area contributed by atoms with E-state index in [1.54, 1.807) is 13.8 Å². The van der Waals surface area contributed by atoms with E-state index in [0.717, 1.165) is 25.7 Å². The van der Waals surface area contributed by atoms with Crippen LogP contribution in [0.15, 0.2) is 12.7 Å². The van der Waals surface area contributed by atoms with E-state index >= 15 is 0 Å². The van der Waals surface area contributed by atoms with Crippen molar-refractivity contribution in [1.29, 1.82) is 0 Å². The monoisotopic (exact) mass is 495 g/mol. The smallest absolute Gasteiger partial charge is 0.373 e. The highest BCUT2D eigenvalue weighted by Gasteiger charge is 2.54. The van der Waals surface area contributed by atoms with Gasteiger partial charge in [-0.3, -0.25) is 4.79 Å². The Morgan fingerprint density at radius 1 is 1.12 bits per heavy atom. The highest BCUT2D eigenvalue weighted by molar-refractivity contribution is 5.82. The maximum Gasteiger partial charge on any atom is 0.471 e. The van der Waals surface area contributed by atoms with Gasteiger partial charge in [0.1, 0.15) is 24.4 Å². The lowest BCUT2D eigenvalue weighted by molar-refractivity contribution is -0.371. The zero-order valence-corrected chi connectivity index (χ0v) is 20.5. The largest absolute Gasteiger partial charge is 0.471 e. The fourth-order valence-corrected chi connectivity index (χ4v) is 4.17. The first kappa shape index (κ1) is 29.0. The number of halogens is 3. The quantitative estimate of drug-likeness (QED) is 0.280. The molecule has 1 amide bonds. The summed E-state index contributed by atoms with van der Waals surface area (Å²) in [7, 11) is 0. The van der Waals surface area contributed by atoms with E-state index in [2.05, 4.69) is 13.5 Å². The number of amides is 1. The van der Waals surface area contributed by atoms with Crippen molar-refractivity contribution in [3.8, 4) is 0 Å². The lowest BCUT2D eigenvalue weighted by atomic mass is 9.94. The Morgan fingerprint density at radius 3 is 2.38 bits per heavy atom. The molecule has 0 aliphatic carbocycles. The molecule has 7 nitrogen and oxygen atoms in total. The predicted octanol–water partition coefficient (Wildman–Crippen LogP) is 4.64. The maximum atomic E-state index is 13.1. The van der Waals surface area contributed by atoms with Crippen LogP contribution in [0.1, 0.15) is 72.1 Å². The first-order valence-corrected chi connectivity index (χ1v) is 12.3. The number of unbranched alkanes of at least 4 members (excludes halogenated alkanes) is 7. The van der Waals surface area contributed by atoms with Gasteiger partial charge in [-0.2, -0.15) is 13.2 Å². The van der Waals surface area contributed by atoms with Crippen LogP contribution in [0.3, 0.4) is 0 Å². The Labute approximate surface area is 200 Å². The van der Waals surface area contributed by atoms with E-state index < -0.39 is 48.5 Å². The van der Waals surface area contributed by atoms with Crippen LogP contribution in [-0.4, -0.2) is 68.3 Å². The molecule has 0 spiro atoms. The van der Waals surface area contributed by atoms with Crippen LogP contribution in [0.4, 0.5) is 13.2 Å². The predicted molar refractivity (Wildman–Crippen MR) is 120 cm³/mol. The Balaban J connectivity index is 2.07. The van der Waals surface area contributed by atoms with Gasteiger partial charge < -0.3 is 29.0 Å². The molecule has 2 rings (SSSR count). The molecule has 0 aromatic carbocycles. The molecule has 2 saturated heterocycles. The molecule has 2 aliphatic rings. The fraction of sp³-hybridized carbons (Fsp3) is 0.875. The third kappa shape index (κ3) is 9.11. The van der Waals surface area contributed by atoms with Gasteiger partial charge in [-0.15, -0.1) is 6.58 Å². The standard InChI is InChI=1S/C24H40F3NO6/c1-5-7-8-9-10-11-12-13-15-30-20-18(28-22(29)24(25,26)27)21(31-14-6-2)33-17-16-32-23(3,4)34-19(17)20/h6,17-21H,2,5,7-16H2,1,3-4H3,(H,28,29)/t17-,18-,19-,20?,21+/m1/s1. The summed E-state index contributed by atoms with van der Waals surface area (Å²) in [6.07, 6.45) is 1.76. The third-order valence-corrected chi connectivity index (χ3v) is 5.90. The van der Waals surface area contributed by atoms with Crippen LogP contribution in [0.25, 0.3) is 0 Å². The highest BCUT2D eigenvalue weighted by Crippen LogP contribution is 2.35. The number of carbonyl (C=O) groups excluding carboxylic acids is 1. The second kappa shape index (κ2) is 13.8. The fourth-order valence-electron chi connectivity index (χ4n) is 4.17. The van der Waals surface area contributed by atoms with Crippen molar-refractivity contribution in [1.82, 2.24) is 5.32 Å². The number of fused-ring (bicyclic) bond motifs is 1. The summed E-state index contributed by atoms with van der Waals surface area (Å²) in [5.74, 6) is -3.06. The van der Waals surface area contributed by atoms with E-state index in [4.69, 9.17) is 23.7 Å². The molecule has 10 heteroatoms. The van der Waals surface area contributed by atoms with E-state index in [0.29, 0.717) is 6.61 Å². The topological polar surface area (TPSA) is 75.2 Å². The zero-order valence-electron chi connectivity index (χ0n) is 20.5. The highest BCUT2D eigenvalue weighted by atomic mass is 19.4. The minimum atomic E-state index is -5.06. The normalized spacial score (nSPS) is 28.8. The Kier molecular flexibility index (Phi) is 11.8. The van der Waals surface area contributed by atoms with Crippen molar-refractivity contribution in [3.05, 3.63) is 12.7 Å². The molecule has 2 heterocycles. The van der Waals surface area contributed by atoms with Gasteiger partial charge in [-0.25, -0.2) is 0 Å². The van der Waals surface area contributed by atoms with Gasteiger partial charge in [0.15, 0.2) is 12.1 Å². The first-order valence-electron chi connectivity index (χ1n) is 12.3. The Morgan fingerprint density at radius 2 is 1.76 bits per heavy atom. The van der Waals surface area contributed by atoms with Crippen molar-refractivity contribution in [2.45, 2.75) is 115 Å². The van der Waals surface area contributed by atoms with Gasteiger partial charge in [0.2, 0.25) is 0 Å². The molecule has 0 bridgehead atoms. The minimum Gasteiger partial charge on any atom is -0.373 e.